The number of hydrogen-bond donors (Lipinski definition) is 1. The molecule has 21 heavy (non-hydrogen) atoms. The van der Waals surface area contributed by atoms with E-state index >= 15 is 0 Å². The Labute approximate surface area is 122 Å². The maximum absolute atomic E-state index is 12.3. The predicted octanol–water partition coefficient (Wildman–Crippen LogP) is 0.515. The van der Waals surface area contributed by atoms with Crippen molar-refractivity contribution in [3.63, 3.8) is 0 Å². The van der Waals surface area contributed by atoms with Gasteiger partial charge >= 0.3 is 5.69 Å². The van der Waals surface area contributed by atoms with Gasteiger partial charge in [0.15, 0.2) is 0 Å². The molecule has 0 aliphatic heterocycles. The lowest BCUT2D eigenvalue weighted by Crippen LogP contribution is -2.37. The van der Waals surface area contributed by atoms with Crippen LogP contribution in [0.5, 0.6) is 0 Å². The zero-order valence-corrected chi connectivity index (χ0v) is 12.6. The highest BCUT2D eigenvalue weighted by Crippen LogP contribution is 2.08. The molecule has 2 aromatic heterocycles. The number of H-pyrrole nitrogens is 1. The first kappa shape index (κ1) is 15.0. The molecule has 0 spiro atoms. The smallest absolute Gasteiger partial charge is 0.336 e. The zero-order chi connectivity index (χ0) is 15.6. The fourth-order valence-electron chi connectivity index (χ4n) is 2.02. The Morgan fingerprint density at radius 2 is 2.24 bits per heavy atom. The van der Waals surface area contributed by atoms with E-state index in [1.165, 1.54) is 7.05 Å². The fourth-order valence-corrected chi connectivity index (χ4v) is 2.02. The minimum Gasteiger partial charge on any atom is -0.336 e. The molecule has 2 heterocycles. The van der Waals surface area contributed by atoms with E-state index in [-0.39, 0.29) is 17.8 Å². The molecular weight excluding hydrogens is 270 g/mol. The van der Waals surface area contributed by atoms with Gasteiger partial charge in [-0.25, -0.2) is 9.48 Å². The second-order valence-corrected chi connectivity index (χ2v) is 5.20. The van der Waals surface area contributed by atoms with Crippen LogP contribution in [0.25, 0.3) is 0 Å². The van der Waals surface area contributed by atoms with Crippen molar-refractivity contribution in [3.05, 3.63) is 45.9 Å². The Morgan fingerprint density at radius 1 is 1.52 bits per heavy atom. The summed E-state index contributed by atoms with van der Waals surface area (Å²) in [6.45, 7) is 3.94. The fraction of sp³-hybridized carbons (Fsp3) is 0.429. The summed E-state index contributed by atoms with van der Waals surface area (Å²) in [6.07, 6.45) is 2.40. The average Bonchev–Trinajstić information content (AvgIpc) is 2.77. The first-order chi connectivity index (χ1) is 9.88. The number of carbonyl (C=O) groups is 1. The number of nitrogens with zero attached hydrogens (tertiary/aromatic N) is 4. The summed E-state index contributed by atoms with van der Waals surface area (Å²) in [5.74, 6) is -0.262. The van der Waals surface area contributed by atoms with E-state index in [1.54, 1.807) is 18.1 Å². The number of hydrogen-bond acceptors (Lipinski definition) is 4. The van der Waals surface area contributed by atoms with Gasteiger partial charge in [0.05, 0.1) is 0 Å². The summed E-state index contributed by atoms with van der Waals surface area (Å²) in [6, 6.07) is 3.87. The van der Waals surface area contributed by atoms with Crippen LogP contribution in [0.2, 0.25) is 0 Å². The van der Waals surface area contributed by atoms with Gasteiger partial charge in [0, 0.05) is 38.4 Å². The highest BCUT2D eigenvalue weighted by Gasteiger charge is 2.21. The highest BCUT2D eigenvalue weighted by molar-refractivity contribution is 5.90. The minimum absolute atomic E-state index is 0.0500. The van der Waals surface area contributed by atoms with E-state index < -0.39 is 5.69 Å². The Morgan fingerprint density at radius 3 is 2.81 bits per heavy atom. The molecule has 7 heteroatoms. The summed E-state index contributed by atoms with van der Waals surface area (Å²) in [7, 11) is 3.19. The lowest BCUT2D eigenvalue weighted by atomic mass is 10.1. The van der Waals surface area contributed by atoms with Crippen molar-refractivity contribution in [3.8, 4) is 0 Å². The number of likely N-dealkylation sites (N-methyl/N-ethyl adjacent to an activating group) is 1. The number of aromatic amines is 1. The van der Waals surface area contributed by atoms with Crippen LogP contribution in [0.15, 0.2) is 23.1 Å². The molecule has 0 aromatic carbocycles. The van der Waals surface area contributed by atoms with Crippen LogP contribution >= 0.6 is 0 Å². The zero-order valence-electron chi connectivity index (χ0n) is 12.6. The number of rotatable bonds is 4. The van der Waals surface area contributed by atoms with E-state index in [2.05, 4.69) is 15.1 Å². The monoisotopic (exact) mass is 289 g/mol. The molecular formula is C14H19N5O2. The standard InChI is InChI=1S/C14H19N5O2/c1-9-5-6-15-11(7-9)8-10(2)18(3)13(20)12-16-14(21)19(4)17-12/h5-7,10H,8H2,1-4H3,(H,16,17,21). The van der Waals surface area contributed by atoms with Gasteiger partial charge in [-0.3, -0.25) is 14.8 Å². The largest absolute Gasteiger partial charge is 0.343 e. The minimum atomic E-state index is -0.403. The maximum atomic E-state index is 12.3. The molecule has 7 nitrogen and oxygen atoms in total. The van der Waals surface area contributed by atoms with Crippen molar-refractivity contribution in [2.75, 3.05) is 7.05 Å². The molecule has 0 radical (unpaired) electrons. The maximum Gasteiger partial charge on any atom is 0.343 e. The molecule has 0 aliphatic rings. The molecule has 1 N–H and O–H groups in total. The van der Waals surface area contributed by atoms with Crippen molar-refractivity contribution in [2.45, 2.75) is 26.3 Å². The lowest BCUT2D eigenvalue weighted by Gasteiger charge is -2.23. The first-order valence-electron chi connectivity index (χ1n) is 6.70. The Hall–Kier alpha value is -2.44. The second kappa shape index (κ2) is 5.90. The topological polar surface area (TPSA) is 83.9 Å². The molecule has 0 bridgehead atoms. The summed E-state index contributed by atoms with van der Waals surface area (Å²) in [4.78, 5) is 31.9. The first-order valence-corrected chi connectivity index (χ1v) is 6.70. The van der Waals surface area contributed by atoms with Gasteiger partial charge in [0.25, 0.3) is 5.91 Å². The molecule has 0 saturated carbocycles. The molecule has 112 valence electrons. The van der Waals surface area contributed by atoms with Crippen molar-refractivity contribution in [1.29, 1.82) is 0 Å². The predicted molar refractivity (Wildman–Crippen MR) is 78.1 cm³/mol. The van der Waals surface area contributed by atoms with Gasteiger partial charge in [-0.05, 0) is 31.5 Å². The van der Waals surface area contributed by atoms with E-state index in [0.29, 0.717) is 6.42 Å². The SMILES string of the molecule is Cc1ccnc(CC(C)N(C)C(=O)c2nn(C)c(=O)[nH]2)c1. The molecule has 2 rings (SSSR count). The Kier molecular flexibility index (Phi) is 4.21. The molecule has 0 saturated heterocycles. The Balaban J connectivity index is 2.09. The van der Waals surface area contributed by atoms with Crippen molar-refractivity contribution < 1.29 is 4.79 Å². The number of aryl methyl sites for hydroxylation is 2. The third-order valence-corrected chi connectivity index (χ3v) is 3.43. The summed E-state index contributed by atoms with van der Waals surface area (Å²) in [5.41, 5.74) is 1.66. The quantitative estimate of drug-likeness (QED) is 0.889. The van der Waals surface area contributed by atoms with Crippen molar-refractivity contribution >= 4 is 5.91 Å². The van der Waals surface area contributed by atoms with Crippen LogP contribution in [-0.4, -0.2) is 43.6 Å². The van der Waals surface area contributed by atoms with Gasteiger partial charge < -0.3 is 4.90 Å². The summed E-state index contributed by atoms with van der Waals surface area (Å²) in [5, 5.41) is 3.88. The van der Waals surface area contributed by atoms with Crippen molar-refractivity contribution in [1.82, 2.24) is 24.6 Å². The highest BCUT2D eigenvalue weighted by atomic mass is 16.2. The van der Waals surface area contributed by atoms with Crippen LogP contribution < -0.4 is 5.69 Å². The molecule has 0 aliphatic carbocycles. The van der Waals surface area contributed by atoms with Crippen LogP contribution in [-0.2, 0) is 13.5 Å². The van der Waals surface area contributed by atoms with Crippen LogP contribution in [0.3, 0.4) is 0 Å². The van der Waals surface area contributed by atoms with E-state index in [0.717, 1.165) is 15.9 Å². The molecule has 1 amide bonds. The van der Waals surface area contributed by atoms with Gasteiger partial charge in [-0.1, -0.05) is 0 Å². The van der Waals surface area contributed by atoms with E-state index in [1.807, 2.05) is 26.0 Å². The van der Waals surface area contributed by atoms with Gasteiger partial charge in [-0.2, -0.15) is 0 Å². The molecule has 1 unspecified atom stereocenters. The van der Waals surface area contributed by atoms with Crippen LogP contribution in [0.1, 0.15) is 28.8 Å². The third-order valence-electron chi connectivity index (χ3n) is 3.43. The van der Waals surface area contributed by atoms with Crippen molar-refractivity contribution in [2.24, 2.45) is 7.05 Å². The normalized spacial score (nSPS) is 12.2. The number of aromatic nitrogens is 4. The van der Waals surface area contributed by atoms with Gasteiger partial charge in [0.2, 0.25) is 5.82 Å². The summed E-state index contributed by atoms with van der Waals surface area (Å²) < 4.78 is 1.11. The average molecular weight is 289 g/mol. The molecule has 2 aromatic rings. The number of amides is 1. The number of nitrogens with one attached hydrogen (secondary N) is 1. The summed E-state index contributed by atoms with van der Waals surface area (Å²) >= 11 is 0. The second-order valence-electron chi connectivity index (χ2n) is 5.20. The number of carbonyl (C=O) groups excluding carboxylic acids is 1. The third kappa shape index (κ3) is 3.36. The number of pyridine rings is 1. The Bertz CT molecular complexity index is 703. The molecule has 1 atom stereocenters. The van der Waals surface area contributed by atoms with E-state index in [4.69, 9.17) is 0 Å². The molecule has 0 fully saturated rings. The van der Waals surface area contributed by atoms with Crippen LogP contribution in [0.4, 0.5) is 0 Å². The van der Waals surface area contributed by atoms with E-state index in [9.17, 15) is 9.59 Å². The van der Waals surface area contributed by atoms with Crippen LogP contribution in [0, 0.1) is 6.92 Å². The van der Waals surface area contributed by atoms with Gasteiger partial charge in [0.1, 0.15) is 0 Å². The lowest BCUT2D eigenvalue weighted by molar-refractivity contribution is 0.0730. The van der Waals surface area contributed by atoms with Gasteiger partial charge in [-0.15, -0.1) is 5.10 Å².